The Labute approximate surface area is 152 Å². The maximum absolute atomic E-state index is 12.6. The average molecular weight is 356 g/mol. The first-order valence-corrected chi connectivity index (χ1v) is 8.74. The van der Waals surface area contributed by atoms with Gasteiger partial charge in [-0.3, -0.25) is 14.3 Å². The molecular formula is C19H24N4O3. The molecule has 7 nitrogen and oxygen atoms in total. The first kappa shape index (κ1) is 18.0. The number of fused-ring (bicyclic) bond motifs is 1. The minimum atomic E-state index is -0.498. The van der Waals surface area contributed by atoms with E-state index in [4.69, 9.17) is 4.74 Å². The van der Waals surface area contributed by atoms with Gasteiger partial charge in [0.25, 0.3) is 0 Å². The maximum Gasteiger partial charge on any atom is 0.228 e. The van der Waals surface area contributed by atoms with Gasteiger partial charge in [-0.05, 0) is 50.1 Å². The highest BCUT2D eigenvalue weighted by atomic mass is 16.5. The molecule has 3 rings (SSSR count). The molecule has 2 aromatic rings. The zero-order valence-corrected chi connectivity index (χ0v) is 15.3. The first-order valence-electron chi connectivity index (χ1n) is 8.74. The second kappa shape index (κ2) is 7.59. The molecule has 2 heterocycles. The highest BCUT2D eigenvalue weighted by molar-refractivity contribution is 6.01. The van der Waals surface area contributed by atoms with Crippen molar-refractivity contribution in [1.82, 2.24) is 15.1 Å². The number of methoxy groups -OCH3 is 1. The van der Waals surface area contributed by atoms with Gasteiger partial charge in [0, 0.05) is 30.9 Å². The fraction of sp³-hybridized carbons (Fsp3) is 0.421. The van der Waals surface area contributed by atoms with Crippen LogP contribution in [0, 0.1) is 13.8 Å². The third-order valence-electron chi connectivity index (χ3n) is 4.56. The van der Waals surface area contributed by atoms with Gasteiger partial charge in [-0.25, -0.2) is 0 Å². The molecule has 1 aromatic heterocycles. The Morgan fingerprint density at radius 3 is 2.88 bits per heavy atom. The zero-order chi connectivity index (χ0) is 18.7. The number of hydrogen-bond acceptors (Lipinski definition) is 4. The van der Waals surface area contributed by atoms with Crippen LogP contribution in [-0.4, -0.2) is 35.2 Å². The topological polar surface area (TPSA) is 85.2 Å². The number of aromatic nitrogens is 2. The summed E-state index contributed by atoms with van der Waals surface area (Å²) in [6.45, 7) is 5.26. The van der Waals surface area contributed by atoms with Gasteiger partial charge in [0.2, 0.25) is 11.8 Å². The van der Waals surface area contributed by atoms with Crippen molar-refractivity contribution in [1.29, 1.82) is 0 Å². The Morgan fingerprint density at radius 1 is 1.38 bits per heavy atom. The van der Waals surface area contributed by atoms with Crippen LogP contribution in [0.2, 0.25) is 0 Å². The summed E-state index contributed by atoms with van der Waals surface area (Å²) in [6, 6.07) is 7.39. The molecule has 7 heteroatoms. The molecule has 2 N–H and O–H groups in total. The van der Waals surface area contributed by atoms with Crippen molar-refractivity contribution in [3.63, 3.8) is 0 Å². The van der Waals surface area contributed by atoms with Crippen molar-refractivity contribution < 1.29 is 14.3 Å². The fourth-order valence-corrected chi connectivity index (χ4v) is 3.27. The molecule has 0 saturated heterocycles. The van der Waals surface area contributed by atoms with Gasteiger partial charge in [0.15, 0.2) is 0 Å². The largest absolute Gasteiger partial charge is 0.497 e. The Bertz CT molecular complexity index is 828. The van der Waals surface area contributed by atoms with Crippen LogP contribution < -0.4 is 15.4 Å². The lowest BCUT2D eigenvalue weighted by atomic mass is 9.89. The number of aryl methyl sites for hydroxylation is 3. The van der Waals surface area contributed by atoms with Gasteiger partial charge >= 0.3 is 0 Å². The van der Waals surface area contributed by atoms with Gasteiger partial charge < -0.3 is 15.4 Å². The normalized spacial score (nSPS) is 16.0. The summed E-state index contributed by atoms with van der Waals surface area (Å²) in [5.74, 6) is -0.113. The van der Waals surface area contributed by atoms with Crippen LogP contribution in [0.15, 0.2) is 24.3 Å². The van der Waals surface area contributed by atoms with Gasteiger partial charge in [-0.2, -0.15) is 5.10 Å². The van der Waals surface area contributed by atoms with Gasteiger partial charge in [-0.15, -0.1) is 0 Å². The number of hydrogen-bond donors (Lipinski definition) is 2. The van der Waals surface area contributed by atoms with E-state index in [-0.39, 0.29) is 18.2 Å². The number of amides is 2. The second-order valence-electron chi connectivity index (χ2n) is 6.55. The number of rotatable bonds is 6. The maximum atomic E-state index is 12.6. The minimum Gasteiger partial charge on any atom is -0.497 e. The van der Waals surface area contributed by atoms with Gasteiger partial charge in [-0.1, -0.05) is 0 Å². The highest BCUT2D eigenvalue weighted by Gasteiger charge is 2.30. The Kier molecular flexibility index (Phi) is 5.25. The highest BCUT2D eigenvalue weighted by Crippen LogP contribution is 2.34. The van der Waals surface area contributed by atoms with E-state index >= 15 is 0 Å². The lowest BCUT2D eigenvalue weighted by Crippen LogP contribution is -2.35. The summed E-state index contributed by atoms with van der Waals surface area (Å²) in [6.07, 6.45) is 0.918. The fourth-order valence-electron chi connectivity index (χ4n) is 3.27. The quantitative estimate of drug-likeness (QED) is 0.777. The number of carbonyl (C=O) groups is 2. The monoisotopic (exact) mass is 356 g/mol. The van der Waals surface area contributed by atoms with Gasteiger partial charge in [0.05, 0.1) is 18.7 Å². The van der Waals surface area contributed by atoms with Crippen molar-refractivity contribution in [3.05, 3.63) is 41.2 Å². The molecule has 2 amide bonds. The average Bonchev–Trinajstić information content (AvgIpc) is 2.94. The van der Waals surface area contributed by atoms with Crippen molar-refractivity contribution in [3.8, 4) is 5.75 Å². The molecule has 138 valence electrons. The predicted molar refractivity (Wildman–Crippen MR) is 98.3 cm³/mol. The summed E-state index contributed by atoms with van der Waals surface area (Å²) in [5.41, 5.74) is 3.56. The van der Waals surface area contributed by atoms with E-state index in [1.807, 2.05) is 30.7 Å². The van der Waals surface area contributed by atoms with Crippen molar-refractivity contribution >= 4 is 17.5 Å². The molecule has 0 bridgehead atoms. The third-order valence-corrected chi connectivity index (χ3v) is 4.56. The van der Waals surface area contributed by atoms with E-state index in [9.17, 15) is 9.59 Å². The smallest absolute Gasteiger partial charge is 0.228 e. The van der Waals surface area contributed by atoms with E-state index < -0.39 is 5.92 Å². The van der Waals surface area contributed by atoms with Crippen LogP contribution in [0.1, 0.15) is 35.7 Å². The van der Waals surface area contributed by atoms with E-state index in [0.717, 1.165) is 29.9 Å². The van der Waals surface area contributed by atoms with Crippen LogP contribution in [0.4, 0.5) is 5.69 Å². The molecule has 1 atom stereocenters. The van der Waals surface area contributed by atoms with Crippen LogP contribution in [0.3, 0.4) is 0 Å². The van der Waals surface area contributed by atoms with E-state index in [2.05, 4.69) is 15.7 Å². The lowest BCUT2D eigenvalue weighted by Gasteiger charge is -2.25. The molecule has 26 heavy (non-hydrogen) atoms. The Morgan fingerprint density at radius 2 is 2.19 bits per heavy atom. The number of benzene rings is 1. The number of ether oxygens (including phenoxy) is 1. The van der Waals surface area contributed by atoms with Crippen LogP contribution in [0.5, 0.6) is 5.75 Å². The third kappa shape index (κ3) is 3.87. The SMILES string of the molecule is COc1ccc2c(c1)C(C(=O)NCCCn1nc(C)cc1C)CC(=O)N2. The number of carbonyl (C=O) groups excluding carboxylic acids is 2. The minimum absolute atomic E-state index is 0.136. The molecule has 1 aliphatic heterocycles. The molecule has 0 fully saturated rings. The molecule has 0 aliphatic carbocycles. The van der Waals surface area contributed by atoms with Gasteiger partial charge in [0.1, 0.15) is 5.75 Å². The summed E-state index contributed by atoms with van der Waals surface area (Å²) < 4.78 is 7.18. The van der Waals surface area contributed by atoms with Crippen molar-refractivity contribution in [2.24, 2.45) is 0 Å². The lowest BCUT2D eigenvalue weighted by molar-refractivity contribution is -0.126. The molecule has 1 unspecified atom stereocenters. The molecule has 0 spiro atoms. The van der Waals surface area contributed by atoms with Crippen molar-refractivity contribution in [2.45, 2.75) is 39.2 Å². The van der Waals surface area contributed by atoms with E-state index in [1.165, 1.54) is 0 Å². The van der Waals surface area contributed by atoms with Crippen LogP contribution in [-0.2, 0) is 16.1 Å². The second-order valence-corrected chi connectivity index (χ2v) is 6.55. The molecular weight excluding hydrogens is 332 g/mol. The van der Waals surface area contributed by atoms with E-state index in [1.54, 1.807) is 19.2 Å². The standard InChI is InChI=1S/C19H24N4O3/c1-12-9-13(2)23(22-12)8-4-7-20-19(25)16-11-18(24)21-17-6-5-14(26-3)10-15(16)17/h5-6,9-10,16H,4,7-8,11H2,1-3H3,(H,20,25)(H,21,24). The molecule has 0 radical (unpaired) electrons. The number of nitrogens with zero attached hydrogens (tertiary/aromatic N) is 2. The number of anilines is 1. The molecule has 1 aliphatic rings. The van der Waals surface area contributed by atoms with E-state index in [0.29, 0.717) is 18.0 Å². The first-order chi connectivity index (χ1) is 12.5. The number of nitrogens with one attached hydrogen (secondary N) is 2. The molecule has 0 saturated carbocycles. The zero-order valence-electron chi connectivity index (χ0n) is 15.3. The van der Waals surface area contributed by atoms with Crippen molar-refractivity contribution in [2.75, 3.05) is 19.0 Å². The summed E-state index contributed by atoms with van der Waals surface area (Å²) in [4.78, 5) is 24.5. The van der Waals surface area contributed by atoms with Crippen LogP contribution >= 0.6 is 0 Å². The Balaban J connectivity index is 1.61. The van der Waals surface area contributed by atoms with Crippen LogP contribution in [0.25, 0.3) is 0 Å². The molecule has 1 aromatic carbocycles. The Hall–Kier alpha value is -2.83. The predicted octanol–water partition coefficient (Wildman–Crippen LogP) is 2.14. The summed E-state index contributed by atoms with van der Waals surface area (Å²) in [5, 5.41) is 10.2. The summed E-state index contributed by atoms with van der Waals surface area (Å²) in [7, 11) is 1.58. The summed E-state index contributed by atoms with van der Waals surface area (Å²) >= 11 is 0.